The Morgan fingerprint density at radius 1 is 1.36 bits per heavy atom. The van der Waals surface area contributed by atoms with E-state index in [2.05, 4.69) is 0 Å². The fourth-order valence-corrected chi connectivity index (χ4v) is 0.870. The van der Waals surface area contributed by atoms with Crippen LogP contribution in [0, 0.1) is 5.41 Å². The molecule has 0 heterocycles. The summed E-state index contributed by atoms with van der Waals surface area (Å²) in [6.07, 6.45) is 3.05. The molecular formula is C8H16O3. The van der Waals surface area contributed by atoms with Crippen molar-refractivity contribution in [3.63, 3.8) is 0 Å². The van der Waals surface area contributed by atoms with Crippen molar-refractivity contribution in [1.82, 2.24) is 0 Å². The van der Waals surface area contributed by atoms with Crippen molar-refractivity contribution in [3.8, 4) is 0 Å². The Hall–Kier alpha value is -0.410. The van der Waals surface area contributed by atoms with Crippen LogP contribution in [0.4, 0.5) is 0 Å². The van der Waals surface area contributed by atoms with Crippen LogP contribution in [-0.4, -0.2) is 29.7 Å². The average molecular weight is 160 g/mol. The van der Waals surface area contributed by atoms with E-state index in [0.29, 0.717) is 12.7 Å². The van der Waals surface area contributed by atoms with E-state index in [0.717, 1.165) is 12.8 Å². The molecule has 0 aliphatic carbocycles. The minimum absolute atomic E-state index is 0.257. The lowest BCUT2D eigenvalue weighted by Crippen LogP contribution is -2.31. The van der Waals surface area contributed by atoms with Crippen LogP contribution in [0.2, 0.25) is 0 Å². The van der Waals surface area contributed by atoms with Gasteiger partial charge in [0.1, 0.15) is 6.29 Å². The molecular weight excluding hydrogens is 144 g/mol. The minimum Gasteiger partial charge on any atom is -0.395 e. The summed E-state index contributed by atoms with van der Waals surface area (Å²) < 4.78 is 0. The summed E-state index contributed by atoms with van der Waals surface area (Å²) in [5, 5.41) is 17.6. The van der Waals surface area contributed by atoms with Crippen molar-refractivity contribution < 1.29 is 15.0 Å². The van der Waals surface area contributed by atoms with Crippen LogP contribution >= 0.6 is 0 Å². The number of aliphatic hydroxyl groups is 2. The molecule has 0 unspecified atom stereocenters. The Bertz CT molecular complexity index is 108. The molecule has 0 saturated carbocycles. The van der Waals surface area contributed by atoms with Gasteiger partial charge in [-0.3, -0.25) is 0 Å². The highest BCUT2D eigenvalue weighted by molar-refractivity contribution is 5.59. The molecule has 3 heteroatoms. The molecule has 0 fully saturated rings. The molecule has 2 N–H and O–H groups in total. The van der Waals surface area contributed by atoms with Crippen molar-refractivity contribution in [2.45, 2.75) is 26.2 Å². The number of aldehydes is 1. The SMILES string of the molecule is CCCCC(C=O)(CO)CO. The van der Waals surface area contributed by atoms with Gasteiger partial charge in [-0.2, -0.15) is 0 Å². The van der Waals surface area contributed by atoms with Gasteiger partial charge in [-0.15, -0.1) is 0 Å². The third-order valence-corrected chi connectivity index (χ3v) is 1.91. The number of aliphatic hydroxyl groups excluding tert-OH is 2. The second-order valence-electron chi connectivity index (χ2n) is 2.90. The first-order chi connectivity index (χ1) is 5.24. The fourth-order valence-electron chi connectivity index (χ4n) is 0.870. The molecule has 66 valence electrons. The summed E-state index contributed by atoms with van der Waals surface area (Å²) >= 11 is 0. The molecule has 0 radical (unpaired) electrons. The summed E-state index contributed by atoms with van der Waals surface area (Å²) in [6.45, 7) is 1.49. The second-order valence-corrected chi connectivity index (χ2v) is 2.90. The lowest BCUT2D eigenvalue weighted by Gasteiger charge is -2.21. The summed E-state index contributed by atoms with van der Waals surface area (Å²) in [5.41, 5.74) is -0.893. The van der Waals surface area contributed by atoms with E-state index >= 15 is 0 Å². The largest absolute Gasteiger partial charge is 0.395 e. The Morgan fingerprint density at radius 2 is 1.91 bits per heavy atom. The first kappa shape index (κ1) is 10.6. The molecule has 0 atom stereocenters. The molecule has 11 heavy (non-hydrogen) atoms. The second kappa shape index (κ2) is 5.27. The lowest BCUT2D eigenvalue weighted by molar-refractivity contribution is -0.121. The number of hydrogen-bond donors (Lipinski definition) is 2. The van der Waals surface area contributed by atoms with E-state index in [9.17, 15) is 4.79 Å². The first-order valence-electron chi connectivity index (χ1n) is 3.92. The van der Waals surface area contributed by atoms with Gasteiger partial charge in [0.2, 0.25) is 0 Å². The quantitative estimate of drug-likeness (QED) is 0.551. The zero-order valence-electron chi connectivity index (χ0n) is 6.92. The van der Waals surface area contributed by atoms with Crippen molar-refractivity contribution >= 4 is 6.29 Å². The van der Waals surface area contributed by atoms with E-state index in [-0.39, 0.29) is 13.2 Å². The van der Waals surface area contributed by atoms with Gasteiger partial charge in [-0.05, 0) is 6.42 Å². The number of unbranched alkanes of at least 4 members (excludes halogenated alkanes) is 1. The Kier molecular flexibility index (Phi) is 5.07. The highest BCUT2D eigenvalue weighted by Crippen LogP contribution is 2.20. The van der Waals surface area contributed by atoms with Crippen molar-refractivity contribution in [3.05, 3.63) is 0 Å². The van der Waals surface area contributed by atoms with E-state index in [1.54, 1.807) is 0 Å². The number of carbonyl (C=O) groups excluding carboxylic acids is 1. The van der Waals surface area contributed by atoms with Crippen molar-refractivity contribution in [2.75, 3.05) is 13.2 Å². The van der Waals surface area contributed by atoms with Gasteiger partial charge >= 0.3 is 0 Å². The molecule has 0 aromatic heterocycles. The predicted molar refractivity (Wildman–Crippen MR) is 42.2 cm³/mol. The molecule has 0 aromatic rings. The summed E-state index contributed by atoms with van der Waals surface area (Å²) in [7, 11) is 0. The average Bonchev–Trinajstić information content (AvgIpc) is 2.08. The Balaban J connectivity index is 3.94. The smallest absolute Gasteiger partial charge is 0.130 e. The van der Waals surface area contributed by atoms with Gasteiger partial charge in [0.25, 0.3) is 0 Å². The van der Waals surface area contributed by atoms with Crippen LogP contribution in [0.1, 0.15) is 26.2 Å². The summed E-state index contributed by atoms with van der Waals surface area (Å²) in [4.78, 5) is 10.5. The van der Waals surface area contributed by atoms with E-state index in [4.69, 9.17) is 10.2 Å². The number of carbonyl (C=O) groups is 1. The molecule has 0 aliphatic heterocycles. The lowest BCUT2D eigenvalue weighted by atomic mass is 9.86. The molecule has 0 aliphatic rings. The zero-order valence-corrected chi connectivity index (χ0v) is 6.92. The molecule has 0 aromatic carbocycles. The Labute approximate surface area is 67.0 Å². The maximum atomic E-state index is 10.5. The van der Waals surface area contributed by atoms with Crippen LogP contribution < -0.4 is 0 Å². The highest BCUT2D eigenvalue weighted by atomic mass is 16.3. The number of hydrogen-bond acceptors (Lipinski definition) is 3. The first-order valence-corrected chi connectivity index (χ1v) is 3.92. The van der Waals surface area contributed by atoms with Crippen LogP contribution in [0.5, 0.6) is 0 Å². The molecule has 3 nitrogen and oxygen atoms in total. The zero-order chi connectivity index (χ0) is 8.74. The monoisotopic (exact) mass is 160 g/mol. The molecule has 0 amide bonds. The third-order valence-electron chi connectivity index (χ3n) is 1.91. The van der Waals surface area contributed by atoms with Crippen LogP contribution in [0.15, 0.2) is 0 Å². The fraction of sp³-hybridized carbons (Fsp3) is 0.875. The maximum Gasteiger partial charge on any atom is 0.130 e. The summed E-state index contributed by atoms with van der Waals surface area (Å²) in [6, 6.07) is 0. The molecule has 0 spiro atoms. The van der Waals surface area contributed by atoms with Crippen molar-refractivity contribution in [2.24, 2.45) is 5.41 Å². The minimum atomic E-state index is -0.893. The molecule has 0 bridgehead atoms. The van der Waals surface area contributed by atoms with Gasteiger partial charge in [0, 0.05) is 0 Å². The van der Waals surface area contributed by atoms with Crippen LogP contribution in [0.25, 0.3) is 0 Å². The predicted octanol–water partition coefficient (Wildman–Crippen LogP) is 0.347. The number of rotatable bonds is 6. The van der Waals surface area contributed by atoms with E-state index < -0.39 is 5.41 Å². The van der Waals surface area contributed by atoms with Gasteiger partial charge in [-0.25, -0.2) is 0 Å². The third kappa shape index (κ3) is 2.99. The van der Waals surface area contributed by atoms with E-state index in [1.165, 1.54) is 0 Å². The topological polar surface area (TPSA) is 57.5 Å². The molecule has 0 rings (SSSR count). The van der Waals surface area contributed by atoms with Crippen LogP contribution in [0.3, 0.4) is 0 Å². The summed E-state index contributed by atoms with van der Waals surface area (Å²) in [5.74, 6) is 0. The van der Waals surface area contributed by atoms with Gasteiger partial charge in [-0.1, -0.05) is 19.8 Å². The van der Waals surface area contributed by atoms with Crippen LogP contribution in [-0.2, 0) is 4.79 Å². The van der Waals surface area contributed by atoms with Crippen molar-refractivity contribution in [1.29, 1.82) is 0 Å². The maximum absolute atomic E-state index is 10.5. The van der Waals surface area contributed by atoms with Gasteiger partial charge < -0.3 is 15.0 Å². The van der Waals surface area contributed by atoms with Gasteiger partial charge in [0.05, 0.1) is 18.6 Å². The highest BCUT2D eigenvalue weighted by Gasteiger charge is 2.26. The normalized spacial score (nSPS) is 11.5. The van der Waals surface area contributed by atoms with Gasteiger partial charge in [0.15, 0.2) is 0 Å². The Morgan fingerprint density at radius 3 is 2.18 bits per heavy atom. The standard InChI is InChI=1S/C8H16O3/c1-2-3-4-8(5-9,6-10)7-11/h5,10-11H,2-4,6-7H2,1H3. The van der Waals surface area contributed by atoms with E-state index in [1.807, 2.05) is 6.92 Å². The molecule has 0 saturated heterocycles.